The van der Waals surface area contributed by atoms with Gasteiger partial charge in [-0.25, -0.2) is 4.98 Å². The lowest BCUT2D eigenvalue weighted by Crippen LogP contribution is -2.38. The van der Waals surface area contributed by atoms with Gasteiger partial charge in [-0.05, 0) is 55.9 Å². The lowest BCUT2D eigenvalue weighted by Gasteiger charge is -2.32. The van der Waals surface area contributed by atoms with Gasteiger partial charge in [-0.2, -0.15) is 0 Å². The van der Waals surface area contributed by atoms with Crippen LogP contribution in [0.5, 0.6) is 0 Å². The molecule has 0 bridgehead atoms. The highest BCUT2D eigenvalue weighted by atomic mass is 32.2. The first kappa shape index (κ1) is 19.0. The summed E-state index contributed by atoms with van der Waals surface area (Å²) in [4.78, 5) is 19.8. The largest absolute Gasteiger partial charge is 0.343 e. The first-order valence-electron chi connectivity index (χ1n) is 9.72. The monoisotopic (exact) mass is 371 g/mol. The third-order valence-electron chi connectivity index (χ3n) is 5.10. The predicted octanol–water partition coefficient (Wildman–Crippen LogP) is 4.47. The molecule has 1 amide bonds. The molecule has 1 fully saturated rings. The van der Waals surface area contributed by atoms with Crippen LogP contribution in [0.25, 0.3) is 0 Å². The van der Waals surface area contributed by atoms with E-state index in [2.05, 4.69) is 38.7 Å². The molecule has 5 heteroatoms. The third kappa shape index (κ3) is 6.20. The Balaban J connectivity index is 1.26. The molecule has 0 aliphatic carbocycles. The van der Waals surface area contributed by atoms with Crippen LogP contribution in [0, 0.1) is 5.92 Å². The van der Waals surface area contributed by atoms with Crippen molar-refractivity contribution in [2.24, 2.45) is 5.92 Å². The van der Waals surface area contributed by atoms with E-state index in [1.165, 1.54) is 17.7 Å². The van der Waals surface area contributed by atoms with E-state index in [1.54, 1.807) is 0 Å². The van der Waals surface area contributed by atoms with Gasteiger partial charge in [-0.15, -0.1) is 11.8 Å². The maximum absolute atomic E-state index is 12.4. The molecule has 26 heavy (non-hydrogen) atoms. The van der Waals surface area contributed by atoms with E-state index in [1.807, 2.05) is 36.5 Å². The fourth-order valence-corrected chi connectivity index (χ4v) is 4.41. The van der Waals surface area contributed by atoms with Crippen molar-refractivity contribution in [1.29, 1.82) is 0 Å². The van der Waals surface area contributed by atoms with Crippen molar-refractivity contribution >= 4 is 17.7 Å². The van der Waals surface area contributed by atoms with Gasteiger partial charge in [0.15, 0.2) is 0 Å². The number of amides is 1. The van der Waals surface area contributed by atoms with Crippen molar-refractivity contribution in [2.75, 3.05) is 18.8 Å². The van der Waals surface area contributed by atoms with E-state index in [4.69, 9.17) is 0 Å². The number of hydrogen-bond donors (Lipinski definition) is 0. The number of carbonyl (C=O) groups is 1. The van der Waals surface area contributed by atoms with Crippen molar-refractivity contribution in [3.63, 3.8) is 0 Å². The van der Waals surface area contributed by atoms with Crippen LogP contribution in [-0.4, -0.2) is 39.2 Å². The second-order valence-corrected chi connectivity index (χ2v) is 8.20. The number of nitrogens with zero attached hydrogens (tertiary/aromatic N) is 3. The molecule has 4 nitrogen and oxygen atoms in total. The van der Waals surface area contributed by atoms with Gasteiger partial charge in [0.2, 0.25) is 5.91 Å². The molecule has 1 aromatic carbocycles. The van der Waals surface area contributed by atoms with Crippen LogP contribution in [0.1, 0.15) is 38.5 Å². The average molecular weight is 372 g/mol. The predicted molar refractivity (Wildman–Crippen MR) is 107 cm³/mol. The zero-order valence-corrected chi connectivity index (χ0v) is 16.2. The van der Waals surface area contributed by atoms with Crippen molar-refractivity contribution in [1.82, 2.24) is 14.5 Å². The number of hydrogen-bond acceptors (Lipinski definition) is 3. The Morgan fingerprint density at radius 3 is 2.69 bits per heavy atom. The summed E-state index contributed by atoms with van der Waals surface area (Å²) >= 11 is 1.84. The number of thioether (sulfide) groups is 1. The fraction of sp³-hybridized carbons (Fsp3) is 0.524. The molecule has 1 aliphatic rings. The van der Waals surface area contributed by atoms with E-state index in [0.29, 0.717) is 12.3 Å². The lowest BCUT2D eigenvalue weighted by molar-refractivity contribution is -0.132. The summed E-state index contributed by atoms with van der Waals surface area (Å²) in [5.41, 5.74) is 0. The van der Waals surface area contributed by atoms with Crippen molar-refractivity contribution in [2.45, 2.75) is 50.0 Å². The average Bonchev–Trinajstić information content (AvgIpc) is 3.20. The molecule has 0 unspecified atom stereocenters. The molecule has 1 aromatic heterocycles. The molecule has 0 radical (unpaired) electrons. The Labute approximate surface area is 161 Å². The minimum absolute atomic E-state index is 0.343. The number of aromatic nitrogens is 2. The normalized spacial score (nSPS) is 15.3. The number of likely N-dealkylation sites (tertiary alicyclic amines) is 1. The van der Waals surface area contributed by atoms with Gasteiger partial charge in [0.1, 0.15) is 0 Å². The van der Waals surface area contributed by atoms with Crippen molar-refractivity contribution < 1.29 is 4.79 Å². The van der Waals surface area contributed by atoms with Crippen LogP contribution in [-0.2, 0) is 11.3 Å². The van der Waals surface area contributed by atoms with Crippen LogP contribution < -0.4 is 0 Å². The molecule has 0 N–H and O–H groups in total. The highest BCUT2D eigenvalue weighted by molar-refractivity contribution is 7.99. The molecular formula is C21H29N3OS. The first-order chi connectivity index (χ1) is 12.8. The maximum atomic E-state index is 12.4. The smallest absolute Gasteiger partial charge is 0.222 e. The van der Waals surface area contributed by atoms with Crippen molar-refractivity contribution in [3.05, 3.63) is 49.1 Å². The fourth-order valence-electron chi connectivity index (χ4n) is 3.54. The van der Waals surface area contributed by atoms with Gasteiger partial charge in [-0.1, -0.05) is 18.2 Å². The van der Waals surface area contributed by atoms with E-state index in [0.717, 1.165) is 50.6 Å². The van der Waals surface area contributed by atoms with E-state index < -0.39 is 0 Å². The lowest BCUT2D eigenvalue weighted by atomic mass is 9.92. The van der Waals surface area contributed by atoms with Crippen LogP contribution in [0.15, 0.2) is 53.9 Å². The van der Waals surface area contributed by atoms with Gasteiger partial charge in [-0.3, -0.25) is 4.79 Å². The maximum Gasteiger partial charge on any atom is 0.222 e. The summed E-state index contributed by atoms with van der Waals surface area (Å²) in [5.74, 6) is 2.13. The number of rotatable bonds is 9. The summed E-state index contributed by atoms with van der Waals surface area (Å²) < 4.78 is 2.14. The van der Waals surface area contributed by atoms with E-state index in [-0.39, 0.29) is 0 Å². The Morgan fingerprint density at radius 1 is 1.15 bits per heavy atom. The number of piperidine rings is 1. The summed E-state index contributed by atoms with van der Waals surface area (Å²) in [5, 5.41) is 0. The Bertz CT molecular complexity index is 637. The molecular weight excluding hydrogens is 342 g/mol. The van der Waals surface area contributed by atoms with Crippen LogP contribution >= 0.6 is 11.8 Å². The zero-order chi connectivity index (χ0) is 18.0. The van der Waals surface area contributed by atoms with Crippen LogP contribution in [0.2, 0.25) is 0 Å². The zero-order valence-electron chi connectivity index (χ0n) is 15.4. The van der Waals surface area contributed by atoms with Crippen LogP contribution in [0.4, 0.5) is 0 Å². The molecule has 3 rings (SSSR count). The van der Waals surface area contributed by atoms with Gasteiger partial charge in [0.05, 0.1) is 6.33 Å². The molecule has 0 saturated carbocycles. The number of imidazole rings is 1. The second-order valence-electron chi connectivity index (χ2n) is 7.03. The summed E-state index contributed by atoms with van der Waals surface area (Å²) in [6, 6.07) is 10.4. The highest BCUT2D eigenvalue weighted by Crippen LogP contribution is 2.23. The highest BCUT2D eigenvalue weighted by Gasteiger charge is 2.22. The molecule has 1 aliphatic heterocycles. The third-order valence-corrected chi connectivity index (χ3v) is 6.20. The molecule has 140 valence electrons. The van der Waals surface area contributed by atoms with Gasteiger partial charge < -0.3 is 9.47 Å². The molecule has 2 heterocycles. The van der Waals surface area contributed by atoms with Crippen LogP contribution in [0.3, 0.4) is 0 Å². The van der Waals surface area contributed by atoms with Gasteiger partial charge in [0, 0.05) is 43.3 Å². The summed E-state index contributed by atoms with van der Waals surface area (Å²) in [7, 11) is 0. The van der Waals surface area contributed by atoms with E-state index in [9.17, 15) is 4.79 Å². The molecule has 0 spiro atoms. The first-order valence-corrected chi connectivity index (χ1v) is 10.7. The van der Waals surface area contributed by atoms with E-state index >= 15 is 0 Å². The molecule has 1 saturated heterocycles. The molecule has 2 aromatic rings. The van der Waals surface area contributed by atoms with Gasteiger partial charge in [0.25, 0.3) is 0 Å². The molecule has 0 atom stereocenters. The topological polar surface area (TPSA) is 38.1 Å². The Morgan fingerprint density at radius 2 is 1.96 bits per heavy atom. The Hall–Kier alpha value is -1.75. The SMILES string of the molecule is O=C(CCCSc1ccccc1)N1CCC(CCCn2ccnc2)CC1. The summed E-state index contributed by atoms with van der Waals surface area (Å²) in [6.07, 6.45) is 12.2. The quantitative estimate of drug-likeness (QED) is 0.482. The second kappa shape index (κ2) is 10.4. The van der Waals surface area contributed by atoms with Gasteiger partial charge >= 0.3 is 0 Å². The Kier molecular flexibility index (Phi) is 7.62. The minimum atomic E-state index is 0.343. The number of aryl methyl sites for hydroxylation is 1. The number of benzene rings is 1. The minimum Gasteiger partial charge on any atom is -0.343 e. The standard InChI is InChI=1S/C21H29N3OS/c25-21(9-5-17-26-20-7-2-1-3-8-20)24-14-10-19(11-15-24)6-4-13-23-16-12-22-18-23/h1-3,7-8,12,16,18-19H,4-6,9-11,13-15,17H2. The summed E-state index contributed by atoms with van der Waals surface area (Å²) in [6.45, 7) is 2.94. The van der Waals surface area contributed by atoms with Crippen molar-refractivity contribution in [3.8, 4) is 0 Å². The number of carbonyl (C=O) groups excluding carboxylic acids is 1.